The fraction of sp³-hybridized carbons (Fsp3) is 0.214. The fourth-order valence-corrected chi connectivity index (χ4v) is 4.15. The third-order valence-corrected chi connectivity index (χ3v) is 4.16. The van der Waals surface area contributed by atoms with Crippen molar-refractivity contribution >= 4 is 53.6 Å². The summed E-state index contributed by atoms with van der Waals surface area (Å²) in [6.07, 6.45) is 1.78. The molecule has 6 heteroatoms. The maximum Gasteiger partial charge on any atom is 0.148 e. The van der Waals surface area contributed by atoms with Gasteiger partial charge in [-0.3, -0.25) is 0 Å². The standard InChI is InChI=1S/C14H13Br3N2O/c1-2-18-13-5-9(3-4-19-13)8-20-14-11(16)6-10(15)7-12(14)17/h3-7H,2,8H2,1H3,(H,18,19). The summed E-state index contributed by atoms with van der Waals surface area (Å²) >= 11 is 10.4. The highest BCUT2D eigenvalue weighted by atomic mass is 79.9. The van der Waals surface area contributed by atoms with Gasteiger partial charge in [-0.05, 0) is 68.6 Å². The topological polar surface area (TPSA) is 34.1 Å². The van der Waals surface area contributed by atoms with Gasteiger partial charge in [0.1, 0.15) is 18.2 Å². The molecule has 2 rings (SSSR count). The minimum Gasteiger partial charge on any atom is -0.487 e. The fourth-order valence-electron chi connectivity index (χ4n) is 1.66. The molecule has 0 aliphatic heterocycles. The number of hydrogen-bond acceptors (Lipinski definition) is 3. The molecule has 3 nitrogen and oxygen atoms in total. The van der Waals surface area contributed by atoms with Crippen LogP contribution in [0, 0.1) is 0 Å². The Morgan fingerprint density at radius 1 is 1.15 bits per heavy atom. The summed E-state index contributed by atoms with van der Waals surface area (Å²) in [7, 11) is 0. The highest BCUT2D eigenvalue weighted by Crippen LogP contribution is 2.36. The van der Waals surface area contributed by atoms with Crippen LogP contribution in [0.15, 0.2) is 43.9 Å². The van der Waals surface area contributed by atoms with Crippen molar-refractivity contribution in [3.8, 4) is 5.75 Å². The molecule has 1 aromatic carbocycles. The van der Waals surface area contributed by atoms with Gasteiger partial charge in [-0.15, -0.1) is 0 Å². The first-order valence-electron chi connectivity index (χ1n) is 6.06. The van der Waals surface area contributed by atoms with Crippen LogP contribution in [0.1, 0.15) is 12.5 Å². The molecule has 0 unspecified atom stereocenters. The van der Waals surface area contributed by atoms with Gasteiger partial charge in [0.2, 0.25) is 0 Å². The molecule has 0 aliphatic rings. The lowest BCUT2D eigenvalue weighted by Crippen LogP contribution is -2.02. The van der Waals surface area contributed by atoms with Crippen LogP contribution in [0.3, 0.4) is 0 Å². The van der Waals surface area contributed by atoms with Gasteiger partial charge in [0, 0.05) is 17.2 Å². The zero-order valence-electron chi connectivity index (χ0n) is 10.8. The highest BCUT2D eigenvalue weighted by Gasteiger charge is 2.08. The molecule has 0 amide bonds. The Balaban J connectivity index is 2.11. The van der Waals surface area contributed by atoms with Crippen LogP contribution in [0.2, 0.25) is 0 Å². The quantitative estimate of drug-likeness (QED) is 0.645. The number of nitrogens with one attached hydrogen (secondary N) is 1. The first kappa shape index (κ1) is 15.8. The van der Waals surface area contributed by atoms with E-state index < -0.39 is 0 Å². The first-order chi connectivity index (χ1) is 9.60. The van der Waals surface area contributed by atoms with E-state index in [2.05, 4.69) is 58.1 Å². The van der Waals surface area contributed by atoms with Gasteiger partial charge in [-0.2, -0.15) is 0 Å². The van der Waals surface area contributed by atoms with Gasteiger partial charge in [-0.1, -0.05) is 15.9 Å². The number of ether oxygens (including phenoxy) is 1. The van der Waals surface area contributed by atoms with Crippen molar-refractivity contribution in [2.24, 2.45) is 0 Å². The van der Waals surface area contributed by atoms with E-state index >= 15 is 0 Å². The van der Waals surface area contributed by atoms with E-state index in [9.17, 15) is 0 Å². The van der Waals surface area contributed by atoms with E-state index in [1.165, 1.54) is 0 Å². The van der Waals surface area contributed by atoms with E-state index in [1.807, 2.05) is 31.2 Å². The van der Waals surface area contributed by atoms with Crippen molar-refractivity contribution in [3.63, 3.8) is 0 Å². The lowest BCUT2D eigenvalue weighted by molar-refractivity contribution is 0.302. The van der Waals surface area contributed by atoms with Crippen molar-refractivity contribution in [2.45, 2.75) is 13.5 Å². The first-order valence-corrected chi connectivity index (χ1v) is 8.44. The lowest BCUT2D eigenvalue weighted by atomic mass is 10.2. The Hall–Kier alpha value is -0.590. The summed E-state index contributed by atoms with van der Waals surface area (Å²) in [6.45, 7) is 3.38. The van der Waals surface area contributed by atoms with Crippen molar-refractivity contribution in [3.05, 3.63) is 49.4 Å². The number of nitrogens with zero attached hydrogens (tertiary/aromatic N) is 1. The number of aromatic nitrogens is 1. The van der Waals surface area contributed by atoms with E-state index in [4.69, 9.17) is 4.74 Å². The van der Waals surface area contributed by atoms with Crippen LogP contribution < -0.4 is 10.1 Å². The molecule has 1 heterocycles. The molecule has 0 bridgehead atoms. The minimum absolute atomic E-state index is 0.486. The summed E-state index contributed by atoms with van der Waals surface area (Å²) in [5.74, 6) is 1.65. The monoisotopic (exact) mass is 462 g/mol. The molecule has 0 spiro atoms. The third-order valence-electron chi connectivity index (χ3n) is 2.53. The van der Waals surface area contributed by atoms with Gasteiger partial charge in [0.05, 0.1) is 8.95 Å². The van der Waals surface area contributed by atoms with Gasteiger partial charge in [-0.25, -0.2) is 4.98 Å². The molecule has 0 radical (unpaired) electrons. The molecule has 20 heavy (non-hydrogen) atoms. The van der Waals surface area contributed by atoms with Crippen LogP contribution in [0.5, 0.6) is 5.75 Å². The third kappa shape index (κ3) is 4.20. The maximum absolute atomic E-state index is 5.87. The van der Waals surface area contributed by atoms with E-state index in [1.54, 1.807) is 6.20 Å². The molecule has 0 aliphatic carbocycles. The van der Waals surface area contributed by atoms with Crippen LogP contribution in [0.4, 0.5) is 5.82 Å². The van der Waals surface area contributed by atoms with Crippen molar-refractivity contribution < 1.29 is 4.74 Å². The Morgan fingerprint density at radius 3 is 2.50 bits per heavy atom. The van der Waals surface area contributed by atoms with Gasteiger partial charge in [0.25, 0.3) is 0 Å². The largest absolute Gasteiger partial charge is 0.487 e. The maximum atomic E-state index is 5.87. The molecule has 1 N–H and O–H groups in total. The van der Waals surface area contributed by atoms with E-state index in [-0.39, 0.29) is 0 Å². The normalized spacial score (nSPS) is 10.4. The second kappa shape index (κ2) is 7.43. The Bertz CT molecular complexity index is 582. The zero-order chi connectivity index (χ0) is 14.5. The molecule has 106 valence electrons. The number of halogens is 3. The lowest BCUT2D eigenvalue weighted by Gasteiger charge is -2.11. The predicted octanol–water partition coefficient (Wildman–Crippen LogP) is 5.38. The summed E-state index contributed by atoms with van der Waals surface area (Å²) in [6, 6.07) is 7.85. The molecule has 0 atom stereocenters. The molecular formula is C14H13Br3N2O. The average molecular weight is 465 g/mol. The summed E-state index contributed by atoms with van der Waals surface area (Å²) in [5, 5.41) is 3.18. The van der Waals surface area contributed by atoms with Crippen molar-refractivity contribution in [1.82, 2.24) is 4.98 Å². The predicted molar refractivity (Wildman–Crippen MR) is 92.3 cm³/mol. The van der Waals surface area contributed by atoms with Gasteiger partial charge < -0.3 is 10.1 Å². The van der Waals surface area contributed by atoms with Crippen LogP contribution in [-0.4, -0.2) is 11.5 Å². The highest BCUT2D eigenvalue weighted by molar-refractivity contribution is 9.11. The number of hydrogen-bond donors (Lipinski definition) is 1. The molecular weight excluding hydrogens is 452 g/mol. The smallest absolute Gasteiger partial charge is 0.148 e. The number of benzene rings is 1. The average Bonchev–Trinajstić information content (AvgIpc) is 2.38. The van der Waals surface area contributed by atoms with E-state index in [0.29, 0.717) is 6.61 Å². The number of rotatable bonds is 5. The zero-order valence-corrected chi connectivity index (χ0v) is 15.5. The van der Waals surface area contributed by atoms with Crippen LogP contribution >= 0.6 is 47.8 Å². The van der Waals surface area contributed by atoms with Crippen LogP contribution in [0.25, 0.3) is 0 Å². The van der Waals surface area contributed by atoms with Crippen LogP contribution in [-0.2, 0) is 6.61 Å². The molecule has 1 aromatic heterocycles. The van der Waals surface area contributed by atoms with Gasteiger partial charge in [0.15, 0.2) is 0 Å². The number of pyridine rings is 1. The van der Waals surface area contributed by atoms with Crippen molar-refractivity contribution in [1.29, 1.82) is 0 Å². The SMILES string of the molecule is CCNc1cc(COc2c(Br)cc(Br)cc2Br)ccn1. The van der Waals surface area contributed by atoms with E-state index in [0.717, 1.165) is 37.1 Å². The molecule has 0 saturated heterocycles. The van der Waals surface area contributed by atoms with Crippen molar-refractivity contribution in [2.75, 3.05) is 11.9 Å². The Morgan fingerprint density at radius 2 is 1.85 bits per heavy atom. The second-order valence-electron chi connectivity index (χ2n) is 4.07. The molecule has 0 fully saturated rings. The summed E-state index contributed by atoms with van der Waals surface area (Å²) in [5.41, 5.74) is 1.07. The summed E-state index contributed by atoms with van der Waals surface area (Å²) < 4.78 is 8.66. The molecule has 2 aromatic rings. The second-order valence-corrected chi connectivity index (χ2v) is 6.69. The van der Waals surface area contributed by atoms with Gasteiger partial charge >= 0.3 is 0 Å². The minimum atomic E-state index is 0.486. The Kier molecular flexibility index (Phi) is 5.86. The summed E-state index contributed by atoms with van der Waals surface area (Å²) in [4.78, 5) is 4.24. The Labute approximate surface area is 143 Å². The molecule has 0 saturated carbocycles. The number of anilines is 1.